The van der Waals surface area contributed by atoms with E-state index in [0.29, 0.717) is 19.2 Å². The molecule has 6 heteroatoms. The van der Waals surface area contributed by atoms with Crippen molar-refractivity contribution in [1.29, 1.82) is 0 Å². The maximum atomic E-state index is 6.46. The molecule has 3 heterocycles. The van der Waals surface area contributed by atoms with Gasteiger partial charge in [0.2, 0.25) is 0 Å². The Morgan fingerprint density at radius 3 is 2.65 bits per heavy atom. The van der Waals surface area contributed by atoms with E-state index in [-0.39, 0.29) is 0 Å². The summed E-state index contributed by atoms with van der Waals surface area (Å²) in [5.41, 5.74) is 11.3. The number of hydrogen-bond donors (Lipinski definition) is 1. The molecule has 0 atom stereocenters. The Kier molecular flexibility index (Phi) is 8.56. The van der Waals surface area contributed by atoms with Crippen LogP contribution in [0.5, 0.6) is 0 Å². The molecule has 1 aliphatic heterocycles. The van der Waals surface area contributed by atoms with Gasteiger partial charge >= 0.3 is 0 Å². The lowest BCUT2D eigenvalue weighted by molar-refractivity contribution is 0.0657. The Bertz CT molecular complexity index is 1140. The number of aryl methyl sites for hydroxylation is 1. The van der Waals surface area contributed by atoms with E-state index in [2.05, 4.69) is 52.3 Å². The van der Waals surface area contributed by atoms with Crippen LogP contribution in [0.2, 0.25) is 0 Å². The Labute approximate surface area is 203 Å². The average molecular weight is 460 g/mol. The van der Waals surface area contributed by atoms with Gasteiger partial charge in [-0.15, -0.1) is 0 Å². The topological polar surface area (TPSA) is 69.2 Å². The van der Waals surface area contributed by atoms with Gasteiger partial charge in [-0.05, 0) is 57.8 Å². The molecule has 180 valence electrons. The van der Waals surface area contributed by atoms with Crippen molar-refractivity contribution in [3.63, 3.8) is 0 Å². The minimum Gasteiger partial charge on any atom is -0.382 e. The normalized spacial score (nSPS) is 13.9. The highest BCUT2D eigenvalue weighted by molar-refractivity contribution is 5.91. The second-order valence-electron chi connectivity index (χ2n) is 9.13. The van der Waals surface area contributed by atoms with Crippen molar-refractivity contribution in [3.05, 3.63) is 53.0 Å². The maximum absolute atomic E-state index is 6.46. The predicted octanol–water partition coefficient (Wildman–Crippen LogP) is 5.07. The smallest absolute Gasteiger partial charge is 0.151 e. The first-order valence-electron chi connectivity index (χ1n) is 12.7. The standard InChI is InChI=1S/C28H37N5O/c1-3-4-16-25-30-26-24(15-9-6-10-17-32-18-11-12-19-32)22(2)33(27(26)28(29)31-25)21-34-20-23-13-7-5-8-14-23/h5,7-8,13-14H,3-4,6,10-12,16-21H2,1-2H3,(H2,29,30,31). The summed E-state index contributed by atoms with van der Waals surface area (Å²) in [6, 6.07) is 10.2. The second-order valence-corrected chi connectivity index (χ2v) is 9.13. The molecule has 1 saturated heterocycles. The number of unbranched alkanes of at least 4 members (excludes halogenated alkanes) is 2. The van der Waals surface area contributed by atoms with E-state index in [9.17, 15) is 0 Å². The lowest BCUT2D eigenvalue weighted by Crippen LogP contribution is -2.20. The van der Waals surface area contributed by atoms with Crippen molar-refractivity contribution in [2.75, 3.05) is 25.4 Å². The largest absolute Gasteiger partial charge is 0.382 e. The number of hydrogen-bond acceptors (Lipinski definition) is 5. The third kappa shape index (κ3) is 5.97. The Morgan fingerprint density at radius 1 is 1.09 bits per heavy atom. The number of likely N-dealkylation sites (tertiary alicyclic amines) is 1. The highest BCUT2D eigenvalue weighted by Crippen LogP contribution is 2.28. The number of nitrogens with zero attached hydrogens (tertiary/aromatic N) is 4. The van der Waals surface area contributed by atoms with Crippen LogP contribution < -0.4 is 5.73 Å². The zero-order chi connectivity index (χ0) is 23.8. The van der Waals surface area contributed by atoms with Crippen LogP contribution in [0.25, 0.3) is 11.0 Å². The van der Waals surface area contributed by atoms with E-state index in [0.717, 1.165) is 72.3 Å². The van der Waals surface area contributed by atoms with Gasteiger partial charge in [-0.25, -0.2) is 9.97 Å². The van der Waals surface area contributed by atoms with Gasteiger partial charge in [-0.2, -0.15) is 0 Å². The third-order valence-corrected chi connectivity index (χ3v) is 6.50. The predicted molar refractivity (Wildman–Crippen MR) is 138 cm³/mol. The first kappa shape index (κ1) is 24.3. The molecule has 0 aliphatic carbocycles. The van der Waals surface area contributed by atoms with Crippen LogP contribution in [-0.4, -0.2) is 39.1 Å². The summed E-state index contributed by atoms with van der Waals surface area (Å²) < 4.78 is 8.13. The molecule has 1 fully saturated rings. The quantitative estimate of drug-likeness (QED) is 0.339. The molecule has 6 nitrogen and oxygen atoms in total. The van der Waals surface area contributed by atoms with Gasteiger partial charge in [-0.3, -0.25) is 0 Å². The van der Waals surface area contributed by atoms with Crippen LogP contribution in [0.1, 0.15) is 68.1 Å². The second kappa shape index (κ2) is 12.0. The Hall–Kier alpha value is -2.88. The van der Waals surface area contributed by atoms with Gasteiger partial charge < -0.3 is 19.9 Å². The van der Waals surface area contributed by atoms with Crippen LogP contribution in [0.4, 0.5) is 5.82 Å². The molecule has 0 unspecified atom stereocenters. The fraction of sp³-hybridized carbons (Fsp3) is 0.500. The van der Waals surface area contributed by atoms with Crippen molar-refractivity contribution in [2.45, 2.75) is 72.1 Å². The zero-order valence-electron chi connectivity index (χ0n) is 20.6. The summed E-state index contributed by atoms with van der Waals surface area (Å²) in [6.07, 6.45) is 7.62. The fourth-order valence-electron chi connectivity index (χ4n) is 4.57. The van der Waals surface area contributed by atoms with Crippen LogP contribution in [-0.2, 0) is 24.5 Å². The fourth-order valence-corrected chi connectivity index (χ4v) is 4.57. The lowest BCUT2D eigenvalue weighted by Gasteiger charge is -2.12. The summed E-state index contributed by atoms with van der Waals surface area (Å²) in [5, 5.41) is 0. The lowest BCUT2D eigenvalue weighted by atomic mass is 10.2. The van der Waals surface area contributed by atoms with Crippen molar-refractivity contribution >= 4 is 16.9 Å². The number of ether oxygens (including phenoxy) is 1. The summed E-state index contributed by atoms with van der Waals surface area (Å²) in [7, 11) is 0. The maximum Gasteiger partial charge on any atom is 0.151 e. The number of nitrogen functional groups attached to an aromatic ring is 1. The van der Waals surface area contributed by atoms with Crippen molar-refractivity contribution in [3.8, 4) is 11.8 Å². The minimum absolute atomic E-state index is 0.385. The summed E-state index contributed by atoms with van der Waals surface area (Å²) in [5.74, 6) is 8.14. The van der Waals surface area contributed by atoms with Crippen LogP contribution in [0.3, 0.4) is 0 Å². The number of nitrogens with two attached hydrogens (primary N) is 1. The van der Waals surface area contributed by atoms with Crippen LogP contribution >= 0.6 is 0 Å². The first-order valence-corrected chi connectivity index (χ1v) is 12.7. The molecule has 0 amide bonds. The summed E-state index contributed by atoms with van der Waals surface area (Å²) in [4.78, 5) is 12.1. The van der Waals surface area contributed by atoms with E-state index < -0.39 is 0 Å². The molecule has 34 heavy (non-hydrogen) atoms. The van der Waals surface area contributed by atoms with Crippen molar-refractivity contribution in [1.82, 2.24) is 19.4 Å². The molecule has 0 spiro atoms. The molecular weight excluding hydrogens is 422 g/mol. The monoisotopic (exact) mass is 459 g/mol. The number of fused-ring (bicyclic) bond motifs is 1. The van der Waals surface area contributed by atoms with Crippen molar-refractivity contribution < 1.29 is 4.74 Å². The minimum atomic E-state index is 0.385. The molecule has 2 N–H and O–H groups in total. The number of aromatic nitrogens is 3. The molecule has 0 bridgehead atoms. The molecule has 1 aromatic carbocycles. The Balaban J connectivity index is 1.56. The summed E-state index contributed by atoms with van der Waals surface area (Å²) >= 11 is 0. The molecule has 0 radical (unpaired) electrons. The van der Waals surface area contributed by atoms with Crippen molar-refractivity contribution in [2.24, 2.45) is 0 Å². The Morgan fingerprint density at radius 2 is 1.88 bits per heavy atom. The third-order valence-electron chi connectivity index (χ3n) is 6.50. The summed E-state index contributed by atoms with van der Waals surface area (Å²) in [6.45, 7) is 8.78. The molecule has 0 saturated carbocycles. The van der Waals surface area contributed by atoms with E-state index >= 15 is 0 Å². The number of anilines is 1. The first-order chi connectivity index (χ1) is 16.7. The average Bonchev–Trinajstić information content (AvgIpc) is 3.45. The number of benzene rings is 1. The number of rotatable bonds is 10. The molecule has 1 aliphatic rings. The van der Waals surface area contributed by atoms with E-state index in [1.165, 1.54) is 25.9 Å². The molecule has 2 aromatic heterocycles. The zero-order valence-corrected chi connectivity index (χ0v) is 20.6. The highest BCUT2D eigenvalue weighted by Gasteiger charge is 2.19. The van der Waals surface area contributed by atoms with E-state index in [1.807, 2.05) is 18.2 Å². The van der Waals surface area contributed by atoms with Gasteiger partial charge in [0, 0.05) is 18.5 Å². The molecule has 4 rings (SSSR count). The molecular formula is C28H37N5O. The van der Waals surface area contributed by atoms with Gasteiger partial charge in [0.25, 0.3) is 0 Å². The van der Waals surface area contributed by atoms with Gasteiger partial charge in [0.1, 0.15) is 23.6 Å². The van der Waals surface area contributed by atoms with Gasteiger partial charge in [-0.1, -0.05) is 55.5 Å². The SMILES string of the molecule is CCCCc1nc(N)c2c(n1)c(C#CCCCN1CCCC1)c(C)n2COCc1ccccc1. The van der Waals surface area contributed by atoms with Gasteiger partial charge in [0.15, 0.2) is 5.82 Å². The van der Waals surface area contributed by atoms with Gasteiger partial charge in [0.05, 0.1) is 12.2 Å². The van der Waals surface area contributed by atoms with Crippen LogP contribution in [0, 0.1) is 18.8 Å². The van der Waals surface area contributed by atoms with Crippen LogP contribution in [0.15, 0.2) is 30.3 Å². The highest BCUT2D eigenvalue weighted by atomic mass is 16.5. The molecule has 3 aromatic rings. The van der Waals surface area contributed by atoms with E-state index in [4.69, 9.17) is 15.5 Å². The van der Waals surface area contributed by atoms with E-state index in [1.54, 1.807) is 0 Å².